The van der Waals surface area contributed by atoms with Crippen LogP contribution in [0.3, 0.4) is 0 Å². The molecule has 0 spiro atoms. The van der Waals surface area contributed by atoms with Crippen molar-refractivity contribution in [3.63, 3.8) is 0 Å². The molecule has 6 heteroatoms. The lowest BCUT2D eigenvalue weighted by molar-refractivity contribution is 0.0953. The Kier molecular flexibility index (Phi) is 5.80. The Morgan fingerprint density at radius 2 is 1.65 bits per heavy atom. The summed E-state index contributed by atoms with van der Waals surface area (Å²) < 4.78 is 15.7. The fourth-order valence-corrected chi connectivity index (χ4v) is 2.18. The van der Waals surface area contributed by atoms with Gasteiger partial charge in [0, 0.05) is 24.5 Å². The molecule has 0 saturated carbocycles. The van der Waals surface area contributed by atoms with Crippen LogP contribution >= 0.6 is 0 Å². The second-order valence-electron chi connectivity index (χ2n) is 4.78. The van der Waals surface area contributed by atoms with Gasteiger partial charge in [0.15, 0.2) is 11.5 Å². The van der Waals surface area contributed by atoms with Crippen LogP contribution in [0.1, 0.15) is 15.9 Å². The summed E-state index contributed by atoms with van der Waals surface area (Å²) in [6.45, 7) is 0.527. The number of carbonyl (C=O) groups excluding carboxylic acids is 1. The molecule has 1 amide bonds. The molecule has 0 saturated heterocycles. The normalized spacial score (nSPS) is 10.0. The minimum absolute atomic E-state index is 0.196. The van der Waals surface area contributed by atoms with Crippen LogP contribution in [0.15, 0.2) is 36.7 Å². The van der Waals surface area contributed by atoms with Crippen LogP contribution in [0.25, 0.3) is 0 Å². The predicted octanol–water partition coefficient (Wildman–Crippen LogP) is 2.08. The van der Waals surface area contributed by atoms with Crippen molar-refractivity contribution in [2.24, 2.45) is 0 Å². The van der Waals surface area contributed by atoms with Crippen LogP contribution < -0.4 is 19.5 Å². The summed E-state index contributed by atoms with van der Waals surface area (Å²) in [5.74, 6) is 1.17. The van der Waals surface area contributed by atoms with E-state index in [-0.39, 0.29) is 5.91 Å². The first-order chi connectivity index (χ1) is 11.2. The molecule has 0 bridgehead atoms. The Morgan fingerprint density at radius 3 is 2.17 bits per heavy atom. The number of rotatable bonds is 7. The third-order valence-electron chi connectivity index (χ3n) is 3.38. The van der Waals surface area contributed by atoms with Gasteiger partial charge in [0.25, 0.3) is 5.91 Å². The van der Waals surface area contributed by atoms with Crippen molar-refractivity contribution in [1.82, 2.24) is 10.3 Å². The molecule has 0 radical (unpaired) electrons. The number of aromatic nitrogens is 1. The highest BCUT2D eigenvalue weighted by Crippen LogP contribution is 2.38. The van der Waals surface area contributed by atoms with Crippen LogP contribution in [0.5, 0.6) is 17.2 Å². The van der Waals surface area contributed by atoms with Crippen molar-refractivity contribution in [1.29, 1.82) is 0 Å². The van der Waals surface area contributed by atoms with Gasteiger partial charge in [-0.1, -0.05) is 0 Å². The number of benzene rings is 1. The van der Waals surface area contributed by atoms with E-state index >= 15 is 0 Å². The lowest BCUT2D eigenvalue weighted by Crippen LogP contribution is -2.25. The lowest BCUT2D eigenvalue weighted by atomic mass is 10.1. The minimum Gasteiger partial charge on any atom is -0.493 e. The van der Waals surface area contributed by atoms with Crippen LogP contribution in [-0.2, 0) is 6.42 Å². The number of hydrogen-bond donors (Lipinski definition) is 1. The lowest BCUT2D eigenvalue weighted by Gasteiger charge is -2.14. The average molecular weight is 316 g/mol. The number of hydrogen-bond acceptors (Lipinski definition) is 5. The van der Waals surface area contributed by atoms with Gasteiger partial charge in [-0.25, -0.2) is 0 Å². The topological polar surface area (TPSA) is 69.7 Å². The number of amides is 1. The van der Waals surface area contributed by atoms with Gasteiger partial charge in [-0.2, -0.15) is 0 Å². The van der Waals surface area contributed by atoms with Crippen molar-refractivity contribution >= 4 is 5.91 Å². The largest absolute Gasteiger partial charge is 0.493 e. The van der Waals surface area contributed by atoms with E-state index in [4.69, 9.17) is 14.2 Å². The van der Waals surface area contributed by atoms with Gasteiger partial charge in [-0.3, -0.25) is 9.78 Å². The van der Waals surface area contributed by atoms with Crippen LogP contribution in [0.4, 0.5) is 0 Å². The van der Waals surface area contributed by atoms with Gasteiger partial charge in [0.05, 0.1) is 21.3 Å². The zero-order valence-corrected chi connectivity index (χ0v) is 13.5. The summed E-state index contributed by atoms with van der Waals surface area (Å²) in [6.07, 6.45) is 4.20. The van der Waals surface area contributed by atoms with E-state index in [0.717, 1.165) is 12.0 Å². The van der Waals surface area contributed by atoms with Gasteiger partial charge in [-0.05, 0) is 36.2 Å². The second kappa shape index (κ2) is 8.03. The Labute approximate surface area is 135 Å². The number of methoxy groups -OCH3 is 3. The fourth-order valence-electron chi connectivity index (χ4n) is 2.18. The Hall–Kier alpha value is -2.76. The molecule has 122 valence electrons. The molecule has 0 fully saturated rings. The first-order valence-electron chi connectivity index (χ1n) is 7.16. The summed E-state index contributed by atoms with van der Waals surface area (Å²) in [7, 11) is 4.56. The standard InChI is InChI=1S/C17H20N2O4/c1-21-14-10-13(11-15(22-2)16(14)23-3)17(20)19-9-6-12-4-7-18-8-5-12/h4-5,7-8,10-11H,6,9H2,1-3H3,(H,19,20). The molecular weight excluding hydrogens is 296 g/mol. The van der Waals surface area contributed by atoms with E-state index in [0.29, 0.717) is 29.4 Å². The third kappa shape index (κ3) is 4.12. The SMILES string of the molecule is COc1cc(C(=O)NCCc2ccncc2)cc(OC)c1OC. The molecule has 0 unspecified atom stereocenters. The predicted molar refractivity (Wildman–Crippen MR) is 86.4 cm³/mol. The van der Waals surface area contributed by atoms with Gasteiger partial charge >= 0.3 is 0 Å². The van der Waals surface area contributed by atoms with Crippen molar-refractivity contribution in [3.8, 4) is 17.2 Å². The van der Waals surface area contributed by atoms with E-state index in [9.17, 15) is 4.79 Å². The molecule has 1 N–H and O–H groups in total. The molecule has 23 heavy (non-hydrogen) atoms. The molecule has 1 aromatic carbocycles. The second-order valence-corrected chi connectivity index (χ2v) is 4.78. The molecule has 0 aliphatic carbocycles. The van der Waals surface area contributed by atoms with Crippen LogP contribution in [0, 0.1) is 0 Å². The molecule has 2 aromatic rings. The fraction of sp³-hybridized carbons (Fsp3) is 0.294. The molecule has 1 heterocycles. The van der Waals surface area contributed by atoms with E-state index in [1.54, 1.807) is 24.5 Å². The molecule has 2 rings (SSSR count). The Morgan fingerprint density at radius 1 is 1.04 bits per heavy atom. The maximum atomic E-state index is 12.3. The maximum Gasteiger partial charge on any atom is 0.251 e. The number of pyridine rings is 1. The minimum atomic E-state index is -0.196. The summed E-state index contributed by atoms with van der Waals surface area (Å²) in [6, 6.07) is 7.10. The molecular formula is C17H20N2O4. The highest BCUT2D eigenvalue weighted by atomic mass is 16.5. The Balaban J connectivity index is 2.07. The third-order valence-corrected chi connectivity index (χ3v) is 3.38. The van der Waals surface area contributed by atoms with Crippen LogP contribution in [0.2, 0.25) is 0 Å². The van der Waals surface area contributed by atoms with E-state index in [2.05, 4.69) is 10.3 Å². The molecule has 0 atom stereocenters. The van der Waals surface area contributed by atoms with Gasteiger partial charge in [0.2, 0.25) is 5.75 Å². The highest BCUT2D eigenvalue weighted by molar-refractivity contribution is 5.95. The first kappa shape index (κ1) is 16.6. The zero-order valence-electron chi connectivity index (χ0n) is 13.5. The van der Waals surface area contributed by atoms with E-state index < -0.39 is 0 Å². The van der Waals surface area contributed by atoms with E-state index in [1.807, 2.05) is 12.1 Å². The van der Waals surface area contributed by atoms with Crippen molar-refractivity contribution in [2.45, 2.75) is 6.42 Å². The number of ether oxygens (including phenoxy) is 3. The van der Waals surface area contributed by atoms with Gasteiger partial charge < -0.3 is 19.5 Å². The average Bonchev–Trinajstić information content (AvgIpc) is 2.61. The van der Waals surface area contributed by atoms with Crippen molar-refractivity contribution in [3.05, 3.63) is 47.8 Å². The number of carbonyl (C=O) groups is 1. The van der Waals surface area contributed by atoms with Crippen LogP contribution in [-0.4, -0.2) is 38.8 Å². The highest BCUT2D eigenvalue weighted by Gasteiger charge is 2.16. The summed E-state index contributed by atoms with van der Waals surface area (Å²) in [4.78, 5) is 16.3. The first-order valence-corrected chi connectivity index (χ1v) is 7.16. The van der Waals surface area contributed by atoms with Gasteiger partial charge in [0.1, 0.15) is 0 Å². The molecule has 1 aromatic heterocycles. The summed E-state index contributed by atoms with van der Waals surface area (Å²) in [5.41, 5.74) is 1.57. The summed E-state index contributed by atoms with van der Waals surface area (Å²) in [5, 5.41) is 2.88. The molecule has 0 aliphatic heterocycles. The molecule has 0 aliphatic rings. The quantitative estimate of drug-likeness (QED) is 0.847. The van der Waals surface area contributed by atoms with Gasteiger partial charge in [-0.15, -0.1) is 0 Å². The molecule has 6 nitrogen and oxygen atoms in total. The van der Waals surface area contributed by atoms with E-state index in [1.165, 1.54) is 21.3 Å². The smallest absolute Gasteiger partial charge is 0.251 e. The monoisotopic (exact) mass is 316 g/mol. The zero-order chi connectivity index (χ0) is 16.7. The number of nitrogens with one attached hydrogen (secondary N) is 1. The summed E-state index contributed by atoms with van der Waals surface area (Å²) >= 11 is 0. The Bertz CT molecular complexity index is 634. The van der Waals surface area contributed by atoms with Crippen molar-refractivity contribution in [2.75, 3.05) is 27.9 Å². The maximum absolute atomic E-state index is 12.3. The number of nitrogens with zero attached hydrogens (tertiary/aromatic N) is 1. The van der Waals surface area contributed by atoms with Crippen molar-refractivity contribution < 1.29 is 19.0 Å².